The number of hydrogen-bond acceptors (Lipinski definition) is 3. The van der Waals surface area contributed by atoms with E-state index >= 15 is 0 Å². The van der Waals surface area contributed by atoms with Crippen molar-refractivity contribution in [3.8, 4) is 0 Å². The molecular weight excluding hydrogens is 249 g/mol. The Morgan fingerprint density at radius 1 is 1.28 bits per heavy atom. The van der Waals surface area contributed by atoms with Gasteiger partial charge < -0.3 is 10.8 Å². The first-order chi connectivity index (χ1) is 8.30. The Morgan fingerprint density at radius 2 is 1.89 bits per heavy atom. The van der Waals surface area contributed by atoms with Crippen molar-refractivity contribution in [2.24, 2.45) is 0 Å². The molecule has 0 bridgehead atoms. The number of rotatable bonds is 0. The van der Waals surface area contributed by atoms with E-state index in [4.69, 9.17) is 15.6 Å². The third kappa shape index (κ3) is 3.93. The van der Waals surface area contributed by atoms with Gasteiger partial charge in [-0.05, 0) is 24.3 Å². The number of carboxylic acids is 1. The van der Waals surface area contributed by atoms with Crippen LogP contribution in [0.4, 0.5) is 18.9 Å². The molecule has 0 saturated heterocycles. The van der Waals surface area contributed by atoms with Gasteiger partial charge in [0.25, 0.3) is 0 Å². The van der Waals surface area contributed by atoms with E-state index in [1.165, 1.54) is 0 Å². The standard InChI is InChI=1S/C9H8N2.C2HF3O2/c10-8-3-4-9-7(6-8)2-1-5-11-9;3-2(4,5)1(6)7/h1-6H,10H2;(H,6,7). The number of pyridine rings is 1. The molecule has 1 aromatic heterocycles. The zero-order valence-electron chi connectivity index (χ0n) is 8.98. The number of nitrogen functional groups attached to an aromatic ring is 1. The number of nitrogens with zero attached hydrogens (tertiary/aromatic N) is 1. The van der Waals surface area contributed by atoms with E-state index in [2.05, 4.69) is 4.98 Å². The number of halogens is 3. The molecule has 0 radical (unpaired) electrons. The number of anilines is 1. The van der Waals surface area contributed by atoms with Gasteiger partial charge in [-0.2, -0.15) is 13.2 Å². The Kier molecular flexibility index (Phi) is 4.09. The van der Waals surface area contributed by atoms with Gasteiger partial charge in [0.15, 0.2) is 0 Å². The quantitative estimate of drug-likeness (QED) is 0.711. The third-order valence-electron chi connectivity index (χ3n) is 1.87. The molecule has 7 heteroatoms. The van der Waals surface area contributed by atoms with Crippen LogP contribution in [0.25, 0.3) is 10.9 Å². The maximum Gasteiger partial charge on any atom is 0.490 e. The number of fused-ring (bicyclic) bond motifs is 1. The van der Waals surface area contributed by atoms with Crippen molar-refractivity contribution in [3.63, 3.8) is 0 Å². The van der Waals surface area contributed by atoms with E-state index in [0.29, 0.717) is 0 Å². The molecule has 0 fully saturated rings. The van der Waals surface area contributed by atoms with Gasteiger partial charge in [-0.1, -0.05) is 6.07 Å². The minimum atomic E-state index is -5.08. The average Bonchev–Trinajstić information content (AvgIpc) is 2.28. The van der Waals surface area contributed by atoms with Gasteiger partial charge in [0.05, 0.1) is 5.52 Å². The second kappa shape index (κ2) is 5.35. The highest BCUT2D eigenvalue weighted by atomic mass is 19.4. The van der Waals surface area contributed by atoms with Crippen molar-refractivity contribution in [3.05, 3.63) is 36.5 Å². The van der Waals surface area contributed by atoms with Crippen molar-refractivity contribution in [1.29, 1.82) is 0 Å². The maximum atomic E-state index is 10.6. The van der Waals surface area contributed by atoms with Crippen molar-refractivity contribution in [2.75, 3.05) is 5.73 Å². The molecule has 3 N–H and O–H groups in total. The zero-order chi connectivity index (χ0) is 13.8. The summed E-state index contributed by atoms with van der Waals surface area (Å²) < 4.78 is 31.7. The van der Waals surface area contributed by atoms with Crippen LogP contribution < -0.4 is 5.73 Å². The van der Waals surface area contributed by atoms with Gasteiger partial charge in [0.2, 0.25) is 0 Å². The largest absolute Gasteiger partial charge is 0.490 e. The first-order valence-corrected chi connectivity index (χ1v) is 4.71. The first kappa shape index (κ1) is 13.8. The van der Waals surface area contributed by atoms with Gasteiger partial charge in [-0.15, -0.1) is 0 Å². The summed E-state index contributed by atoms with van der Waals surface area (Å²) in [5, 5.41) is 8.22. The Morgan fingerprint density at radius 3 is 2.44 bits per heavy atom. The molecule has 1 aromatic carbocycles. The number of carbonyl (C=O) groups is 1. The number of carboxylic acid groups (broad SMARTS) is 1. The van der Waals surface area contributed by atoms with E-state index < -0.39 is 12.1 Å². The van der Waals surface area contributed by atoms with E-state index in [9.17, 15) is 13.2 Å². The van der Waals surface area contributed by atoms with E-state index in [1.807, 2.05) is 30.3 Å². The molecule has 1 heterocycles. The fourth-order valence-corrected chi connectivity index (χ4v) is 1.09. The lowest BCUT2D eigenvalue weighted by molar-refractivity contribution is -0.192. The second-order valence-electron chi connectivity index (χ2n) is 3.26. The van der Waals surface area contributed by atoms with Crippen LogP contribution >= 0.6 is 0 Å². The van der Waals surface area contributed by atoms with Crippen LogP contribution in [0, 0.1) is 0 Å². The molecular formula is C11H9F3N2O2. The zero-order valence-corrected chi connectivity index (χ0v) is 8.98. The van der Waals surface area contributed by atoms with E-state index in [-0.39, 0.29) is 0 Å². The first-order valence-electron chi connectivity index (χ1n) is 4.71. The summed E-state index contributed by atoms with van der Waals surface area (Å²) in [6.45, 7) is 0. The molecule has 4 nitrogen and oxygen atoms in total. The molecule has 18 heavy (non-hydrogen) atoms. The monoisotopic (exact) mass is 258 g/mol. The topological polar surface area (TPSA) is 76.2 Å². The Bertz CT molecular complexity index is 555. The summed E-state index contributed by atoms with van der Waals surface area (Å²) in [4.78, 5) is 13.1. The lowest BCUT2D eigenvalue weighted by atomic mass is 10.2. The van der Waals surface area contributed by atoms with Gasteiger partial charge in [-0.25, -0.2) is 4.79 Å². The highest BCUT2D eigenvalue weighted by Crippen LogP contribution is 2.14. The van der Waals surface area contributed by atoms with Crippen molar-refractivity contribution >= 4 is 22.6 Å². The molecule has 0 aliphatic heterocycles. The van der Waals surface area contributed by atoms with E-state index in [1.54, 1.807) is 6.20 Å². The predicted molar refractivity (Wildman–Crippen MR) is 59.8 cm³/mol. The van der Waals surface area contributed by atoms with Crippen LogP contribution in [-0.4, -0.2) is 22.2 Å². The summed E-state index contributed by atoms with van der Waals surface area (Å²) in [5.74, 6) is -2.76. The molecule has 0 aliphatic rings. The van der Waals surface area contributed by atoms with Gasteiger partial charge in [0, 0.05) is 17.3 Å². The molecule has 0 amide bonds. The van der Waals surface area contributed by atoms with Crippen molar-refractivity contribution in [1.82, 2.24) is 4.98 Å². The highest BCUT2D eigenvalue weighted by Gasteiger charge is 2.38. The summed E-state index contributed by atoms with van der Waals surface area (Å²) >= 11 is 0. The Labute approximate surface area is 99.9 Å². The molecule has 96 valence electrons. The number of nitrogens with two attached hydrogens (primary N) is 1. The summed E-state index contributed by atoms with van der Waals surface area (Å²) in [6, 6.07) is 9.60. The van der Waals surface area contributed by atoms with Gasteiger partial charge in [-0.3, -0.25) is 4.98 Å². The second-order valence-corrected chi connectivity index (χ2v) is 3.26. The average molecular weight is 258 g/mol. The van der Waals surface area contributed by atoms with Gasteiger partial charge in [0.1, 0.15) is 0 Å². The highest BCUT2D eigenvalue weighted by molar-refractivity contribution is 5.81. The maximum absolute atomic E-state index is 10.6. The lowest BCUT2D eigenvalue weighted by Gasteiger charge is -1.96. The molecule has 0 atom stereocenters. The number of benzene rings is 1. The fraction of sp³-hybridized carbons (Fsp3) is 0.0909. The number of hydrogen-bond donors (Lipinski definition) is 2. The van der Waals surface area contributed by atoms with E-state index in [0.717, 1.165) is 16.6 Å². The van der Waals surface area contributed by atoms with Crippen molar-refractivity contribution in [2.45, 2.75) is 6.18 Å². The Balaban J connectivity index is 0.000000203. The molecule has 2 aromatic rings. The minimum Gasteiger partial charge on any atom is -0.475 e. The molecule has 0 aliphatic carbocycles. The number of alkyl halides is 3. The molecule has 2 rings (SSSR count). The Hall–Kier alpha value is -2.31. The summed E-state index contributed by atoms with van der Waals surface area (Å²) in [7, 11) is 0. The number of aliphatic carboxylic acids is 1. The van der Waals surface area contributed by atoms with Crippen LogP contribution in [-0.2, 0) is 4.79 Å². The van der Waals surface area contributed by atoms with Crippen LogP contribution in [0.3, 0.4) is 0 Å². The normalized spacial score (nSPS) is 10.6. The smallest absolute Gasteiger partial charge is 0.475 e. The number of aromatic nitrogens is 1. The van der Waals surface area contributed by atoms with Crippen LogP contribution in [0.5, 0.6) is 0 Å². The van der Waals surface area contributed by atoms with Crippen LogP contribution in [0.2, 0.25) is 0 Å². The fourth-order valence-electron chi connectivity index (χ4n) is 1.09. The predicted octanol–water partition coefficient (Wildman–Crippen LogP) is 2.45. The molecule has 0 saturated carbocycles. The molecule has 0 spiro atoms. The van der Waals surface area contributed by atoms with Gasteiger partial charge >= 0.3 is 12.1 Å². The SMILES string of the molecule is Nc1ccc2ncccc2c1.O=C(O)C(F)(F)F. The lowest BCUT2D eigenvalue weighted by Crippen LogP contribution is -2.21. The third-order valence-corrected chi connectivity index (χ3v) is 1.87. The minimum absolute atomic E-state index is 0.783. The van der Waals surface area contributed by atoms with Crippen molar-refractivity contribution < 1.29 is 23.1 Å². The van der Waals surface area contributed by atoms with Crippen LogP contribution in [0.1, 0.15) is 0 Å². The summed E-state index contributed by atoms with van der Waals surface area (Å²) in [5.41, 5.74) is 7.37. The van der Waals surface area contributed by atoms with Crippen LogP contribution in [0.15, 0.2) is 36.5 Å². The summed E-state index contributed by atoms with van der Waals surface area (Å²) in [6.07, 6.45) is -3.31. The molecule has 0 unspecified atom stereocenters.